The van der Waals surface area contributed by atoms with Crippen molar-refractivity contribution in [2.24, 2.45) is 0 Å². The van der Waals surface area contributed by atoms with Crippen LogP contribution in [0.3, 0.4) is 0 Å². The third kappa shape index (κ3) is 2.87. The topological polar surface area (TPSA) is 50.2 Å². The lowest BCUT2D eigenvalue weighted by Crippen LogP contribution is -2.01. The van der Waals surface area contributed by atoms with Crippen LogP contribution in [0.5, 0.6) is 0 Å². The van der Waals surface area contributed by atoms with Crippen molar-refractivity contribution in [3.63, 3.8) is 0 Å². The smallest absolute Gasteiger partial charge is 0.354 e. The number of rotatable bonds is 3. The fourth-order valence-corrected chi connectivity index (χ4v) is 2.90. The lowest BCUT2D eigenvalue weighted by atomic mass is 10.1. The van der Waals surface area contributed by atoms with E-state index < -0.39 is 5.97 Å². The summed E-state index contributed by atoms with van der Waals surface area (Å²) in [7, 11) is 0. The van der Waals surface area contributed by atoms with Gasteiger partial charge in [0, 0.05) is 10.3 Å². The van der Waals surface area contributed by atoms with E-state index in [9.17, 15) is 9.18 Å². The normalized spacial score (nSPS) is 10.7. The highest BCUT2D eigenvalue weighted by atomic mass is 32.2. The summed E-state index contributed by atoms with van der Waals surface area (Å²) in [4.78, 5) is 16.2. The number of nitrogens with zero attached hydrogens (tertiary/aromatic N) is 1. The van der Waals surface area contributed by atoms with Gasteiger partial charge in [0.25, 0.3) is 0 Å². The van der Waals surface area contributed by atoms with Gasteiger partial charge >= 0.3 is 5.97 Å². The number of aromatic nitrogens is 1. The monoisotopic (exact) mass is 299 g/mol. The van der Waals surface area contributed by atoms with Crippen LogP contribution in [0.2, 0.25) is 0 Å². The van der Waals surface area contributed by atoms with Gasteiger partial charge in [0.2, 0.25) is 0 Å². The lowest BCUT2D eigenvalue weighted by molar-refractivity contribution is 0.0690. The van der Waals surface area contributed by atoms with Gasteiger partial charge in [-0.3, -0.25) is 0 Å². The predicted molar refractivity (Wildman–Crippen MR) is 79.2 cm³/mol. The van der Waals surface area contributed by atoms with Crippen LogP contribution in [0.1, 0.15) is 10.5 Å². The number of pyridine rings is 1. The second kappa shape index (κ2) is 5.54. The van der Waals surface area contributed by atoms with Gasteiger partial charge in [0.1, 0.15) is 16.5 Å². The van der Waals surface area contributed by atoms with E-state index in [1.807, 2.05) is 24.3 Å². The summed E-state index contributed by atoms with van der Waals surface area (Å²) in [6.45, 7) is 0. The van der Waals surface area contributed by atoms with Gasteiger partial charge in [-0.25, -0.2) is 14.2 Å². The molecule has 0 saturated heterocycles. The van der Waals surface area contributed by atoms with Crippen LogP contribution in [0.4, 0.5) is 4.39 Å². The van der Waals surface area contributed by atoms with E-state index >= 15 is 0 Å². The van der Waals surface area contributed by atoms with Crippen molar-refractivity contribution >= 4 is 28.5 Å². The first kappa shape index (κ1) is 13.6. The quantitative estimate of drug-likeness (QED) is 0.786. The van der Waals surface area contributed by atoms with E-state index in [1.165, 1.54) is 23.9 Å². The first-order valence-electron chi connectivity index (χ1n) is 6.20. The van der Waals surface area contributed by atoms with Gasteiger partial charge in [-0.1, -0.05) is 36.0 Å². The van der Waals surface area contributed by atoms with Crippen LogP contribution in [-0.4, -0.2) is 16.1 Å². The molecule has 0 unspecified atom stereocenters. The number of benzene rings is 2. The van der Waals surface area contributed by atoms with Crippen molar-refractivity contribution in [2.45, 2.75) is 9.92 Å². The fourth-order valence-electron chi connectivity index (χ4n) is 1.97. The summed E-state index contributed by atoms with van der Waals surface area (Å²) in [5.74, 6) is -1.38. The maximum Gasteiger partial charge on any atom is 0.354 e. The average Bonchev–Trinajstić information content (AvgIpc) is 2.49. The Morgan fingerprint density at radius 3 is 2.52 bits per heavy atom. The highest BCUT2D eigenvalue weighted by Gasteiger charge is 2.11. The second-order valence-electron chi connectivity index (χ2n) is 4.39. The fraction of sp³-hybridized carbons (Fsp3) is 0. The number of carboxylic acid groups (broad SMARTS) is 1. The summed E-state index contributed by atoms with van der Waals surface area (Å²) in [6, 6.07) is 15.0. The molecule has 0 saturated carbocycles. The number of carbonyl (C=O) groups is 1. The molecule has 0 aliphatic heterocycles. The molecule has 21 heavy (non-hydrogen) atoms. The molecule has 0 fully saturated rings. The molecule has 0 bridgehead atoms. The lowest BCUT2D eigenvalue weighted by Gasteiger charge is -2.07. The van der Waals surface area contributed by atoms with Crippen molar-refractivity contribution in [1.29, 1.82) is 0 Å². The first-order valence-corrected chi connectivity index (χ1v) is 7.01. The molecular formula is C16H10FNO2S. The van der Waals surface area contributed by atoms with Gasteiger partial charge in [-0.15, -0.1) is 0 Å². The highest BCUT2D eigenvalue weighted by molar-refractivity contribution is 7.99. The summed E-state index contributed by atoms with van der Waals surface area (Å²) >= 11 is 1.32. The molecule has 0 aliphatic carbocycles. The zero-order valence-corrected chi connectivity index (χ0v) is 11.6. The molecule has 3 aromatic rings. The zero-order chi connectivity index (χ0) is 14.8. The Hall–Kier alpha value is -2.40. The van der Waals surface area contributed by atoms with Gasteiger partial charge in [0.15, 0.2) is 0 Å². The maximum absolute atomic E-state index is 12.9. The molecule has 0 spiro atoms. The third-order valence-electron chi connectivity index (χ3n) is 2.95. The van der Waals surface area contributed by atoms with Crippen LogP contribution < -0.4 is 0 Å². The van der Waals surface area contributed by atoms with Gasteiger partial charge in [0.05, 0.1) is 0 Å². The Kier molecular flexibility index (Phi) is 3.58. The Morgan fingerprint density at radius 1 is 1.10 bits per heavy atom. The van der Waals surface area contributed by atoms with Gasteiger partial charge in [-0.05, 0) is 35.7 Å². The van der Waals surface area contributed by atoms with Crippen LogP contribution in [0.15, 0.2) is 64.5 Å². The predicted octanol–water partition coefficient (Wildman–Crippen LogP) is 4.22. The first-order chi connectivity index (χ1) is 10.1. The number of carboxylic acids is 1. The molecule has 5 heteroatoms. The van der Waals surface area contributed by atoms with Crippen LogP contribution in [0, 0.1) is 5.82 Å². The van der Waals surface area contributed by atoms with Crippen molar-refractivity contribution in [3.8, 4) is 0 Å². The molecule has 3 rings (SSSR count). The van der Waals surface area contributed by atoms with Crippen molar-refractivity contribution in [1.82, 2.24) is 4.98 Å². The molecule has 0 atom stereocenters. The van der Waals surface area contributed by atoms with E-state index in [4.69, 9.17) is 5.11 Å². The standard InChI is InChI=1S/C16H10FNO2S/c17-11-5-7-12(8-6-11)21-15-13-4-2-1-3-10(13)9-14(18-15)16(19)20/h1-9H,(H,19,20). The number of aromatic carboxylic acids is 1. The summed E-state index contributed by atoms with van der Waals surface area (Å²) in [5.41, 5.74) is -0.00156. The largest absolute Gasteiger partial charge is 0.477 e. The van der Waals surface area contributed by atoms with E-state index in [-0.39, 0.29) is 11.5 Å². The molecule has 0 amide bonds. The molecule has 2 aromatic carbocycles. The summed E-state index contributed by atoms with van der Waals surface area (Å²) < 4.78 is 12.9. The van der Waals surface area contributed by atoms with Crippen molar-refractivity contribution in [3.05, 3.63) is 66.1 Å². The molecule has 3 nitrogen and oxygen atoms in total. The molecule has 0 radical (unpaired) electrons. The minimum absolute atomic E-state index is 0.00156. The number of hydrogen-bond acceptors (Lipinski definition) is 3. The van der Waals surface area contributed by atoms with E-state index in [2.05, 4.69) is 4.98 Å². The summed E-state index contributed by atoms with van der Waals surface area (Å²) in [5, 5.41) is 11.4. The van der Waals surface area contributed by atoms with E-state index in [0.29, 0.717) is 5.03 Å². The van der Waals surface area contributed by atoms with E-state index in [0.717, 1.165) is 15.7 Å². The van der Waals surface area contributed by atoms with Crippen LogP contribution >= 0.6 is 11.8 Å². The average molecular weight is 299 g/mol. The maximum atomic E-state index is 12.9. The number of fused-ring (bicyclic) bond motifs is 1. The van der Waals surface area contributed by atoms with Crippen molar-refractivity contribution in [2.75, 3.05) is 0 Å². The Bertz CT molecular complexity index is 818. The van der Waals surface area contributed by atoms with Gasteiger partial charge < -0.3 is 5.11 Å². The number of hydrogen-bond donors (Lipinski definition) is 1. The molecular weight excluding hydrogens is 289 g/mol. The molecule has 1 heterocycles. The Morgan fingerprint density at radius 2 is 1.81 bits per heavy atom. The Labute approximate surface area is 124 Å². The zero-order valence-electron chi connectivity index (χ0n) is 10.8. The SMILES string of the molecule is O=C(O)c1cc2ccccc2c(Sc2ccc(F)cc2)n1. The van der Waals surface area contributed by atoms with Crippen LogP contribution in [0.25, 0.3) is 10.8 Å². The third-order valence-corrected chi connectivity index (χ3v) is 3.97. The molecule has 1 N–H and O–H groups in total. The molecule has 1 aromatic heterocycles. The van der Waals surface area contributed by atoms with Crippen LogP contribution in [-0.2, 0) is 0 Å². The van der Waals surface area contributed by atoms with Crippen molar-refractivity contribution < 1.29 is 14.3 Å². The van der Waals surface area contributed by atoms with E-state index in [1.54, 1.807) is 18.2 Å². The highest BCUT2D eigenvalue weighted by Crippen LogP contribution is 2.32. The number of halogens is 1. The second-order valence-corrected chi connectivity index (χ2v) is 5.46. The molecule has 104 valence electrons. The van der Waals surface area contributed by atoms with Gasteiger partial charge in [-0.2, -0.15) is 0 Å². The Balaban J connectivity index is 2.11. The minimum atomic E-state index is -1.07. The summed E-state index contributed by atoms with van der Waals surface area (Å²) in [6.07, 6.45) is 0. The molecule has 0 aliphatic rings. The minimum Gasteiger partial charge on any atom is -0.477 e.